The molecule has 2 aromatic carbocycles. The zero-order valence-corrected chi connectivity index (χ0v) is 22.4. The lowest BCUT2D eigenvalue weighted by Crippen LogP contribution is -2.64. The highest BCUT2D eigenvalue weighted by Gasteiger charge is 2.62. The third kappa shape index (κ3) is 4.55. The van der Waals surface area contributed by atoms with Crippen LogP contribution in [-0.4, -0.2) is 78.5 Å². The van der Waals surface area contributed by atoms with E-state index in [-0.39, 0.29) is 40.8 Å². The molecule has 43 heavy (non-hydrogen) atoms. The van der Waals surface area contributed by atoms with Crippen molar-refractivity contribution in [2.24, 2.45) is 5.73 Å². The van der Waals surface area contributed by atoms with Crippen molar-refractivity contribution in [2.75, 3.05) is 13.2 Å². The smallest absolute Gasteiger partial charge is 0.249 e. The van der Waals surface area contributed by atoms with Gasteiger partial charge in [-0.05, 0) is 49.2 Å². The van der Waals surface area contributed by atoms with Crippen LogP contribution in [0.5, 0.6) is 0 Å². The first kappa shape index (κ1) is 29.1. The van der Waals surface area contributed by atoms with Gasteiger partial charge < -0.3 is 30.5 Å². The number of hydrogen-bond acceptors (Lipinski definition) is 9. The molecule has 11 nitrogen and oxygen atoms in total. The molecule has 4 heterocycles. The molecular formula is C28H25F4N5O6. The quantitative estimate of drug-likeness (QED) is 0.197. The summed E-state index contributed by atoms with van der Waals surface area (Å²) in [5.74, 6) is -9.07. The van der Waals surface area contributed by atoms with Crippen molar-refractivity contribution in [2.45, 2.75) is 49.4 Å². The van der Waals surface area contributed by atoms with Crippen molar-refractivity contribution in [3.63, 3.8) is 0 Å². The van der Waals surface area contributed by atoms with Crippen molar-refractivity contribution < 1.29 is 47.1 Å². The summed E-state index contributed by atoms with van der Waals surface area (Å²) in [5.41, 5.74) is 6.31. The minimum atomic E-state index is -2.00. The first-order valence-electron chi connectivity index (χ1n) is 13.2. The number of carbonyl (C=O) groups is 1. The van der Waals surface area contributed by atoms with Crippen LogP contribution in [0.1, 0.15) is 40.0 Å². The summed E-state index contributed by atoms with van der Waals surface area (Å²) in [5, 5.41) is 41.0. The summed E-state index contributed by atoms with van der Waals surface area (Å²) in [6.45, 7) is 0.867. The monoisotopic (exact) mass is 603 g/mol. The Labute approximate surface area is 240 Å². The van der Waals surface area contributed by atoms with Gasteiger partial charge in [-0.3, -0.25) is 9.78 Å². The number of benzene rings is 2. The van der Waals surface area contributed by atoms with E-state index >= 15 is 0 Å². The maximum atomic E-state index is 14.3. The molecule has 2 fully saturated rings. The van der Waals surface area contributed by atoms with Gasteiger partial charge in [0.15, 0.2) is 17.5 Å². The Morgan fingerprint density at radius 1 is 1.16 bits per heavy atom. The highest BCUT2D eigenvalue weighted by molar-refractivity contribution is 6.07. The molecule has 2 aliphatic heterocycles. The summed E-state index contributed by atoms with van der Waals surface area (Å²) in [4.78, 5) is 17.3. The van der Waals surface area contributed by atoms with Gasteiger partial charge in [-0.25, -0.2) is 22.2 Å². The summed E-state index contributed by atoms with van der Waals surface area (Å²) in [6.07, 6.45) is -3.38. The number of fused-ring (bicyclic) bond motifs is 1. The molecule has 1 spiro atoms. The van der Waals surface area contributed by atoms with Crippen molar-refractivity contribution in [3.8, 4) is 11.3 Å². The van der Waals surface area contributed by atoms with E-state index in [0.717, 1.165) is 10.7 Å². The van der Waals surface area contributed by atoms with Crippen LogP contribution in [0.2, 0.25) is 0 Å². The number of nitrogens with zero attached hydrogens (tertiary/aromatic N) is 4. The van der Waals surface area contributed by atoms with Crippen molar-refractivity contribution in [3.05, 3.63) is 76.6 Å². The van der Waals surface area contributed by atoms with Crippen LogP contribution in [0.4, 0.5) is 17.6 Å². The number of primary amides is 1. The number of aryl methyl sites for hydroxylation is 1. The van der Waals surface area contributed by atoms with E-state index < -0.39 is 71.8 Å². The SMILES string of the molecule is Cc1nc2ccc(F)cc2c(C(N)=O)c1[C@H]1CCO[C@]12O[C@H](CO)[C@H](O)[C@H](n1cc(-c3cc(F)c(F)c(F)c3)nn1)[C@H]2O. The Kier molecular flexibility index (Phi) is 7.17. The fourth-order valence-corrected chi connectivity index (χ4v) is 6.18. The molecule has 2 saturated heterocycles. The molecule has 4 aromatic rings. The van der Waals surface area contributed by atoms with E-state index in [1.54, 1.807) is 6.92 Å². The molecule has 1 amide bonds. The molecular weight excluding hydrogens is 578 g/mol. The van der Waals surface area contributed by atoms with Gasteiger partial charge in [0.05, 0.1) is 30.5 Å². The van der Waals surface area contributed by atoms with Crippen LogP contribution >= 0.6 is 0 Å². The maximum Gasteiger partial charge on any atom is 0.249 e. The molecule has 226 valence electrons. The van der Waals surface area contributed by atoms with Crippen molar-refractivity contribution >= 4 is 16.8 Å². The summed E-state index contributed by atoms with van der Waals surface area (Å²) in [7, 11) is 0. The van der Waals surface area contributed by atoms with Crippen molar-refractivity contribution in [1.29, 1.82) is 0 Å². The third-order valence-electron chi connectivity index (χ3n) is 8.07. The molecule has 6 rings (SSSR count). The van der Waals surface area contributed by atoms with E-state index in [9.17, 15) is 37.7 Å². The minimum Gasteiger partial charge on any atom is -0.394 e. The number of aliphatic hydroxyl groups is 3. The average molecular weight is 604 g/mol. The zero-order valence-electron chi connectivity index (χ0n) is 22.4. The molecule has 6 atom stereocenters. The van der Waals surface area contributed by atoms with E-state index in [0.29, 0.717) is 23.3 Å². The van der Waals surface area contributed by atoms with Crippen LogP contribution in [0.3, 0.4) is 0 Å². The standard InChI is InChI=1S/C28H25F4N5O6/c1-11-21(22(27(33)41)14-8-13(29)2-3-18(14)34-11)15-4-5-42-28(15)26(40)24(25(39)20(10-38)43-28)37-9-19(35-36-37)12-6-16(30)23(32)17(31)7-12/h2-3,6-9,15,20,24-26,38-40H,4-5,10H2,1H3,(H2,33,41)/t15-,20-,24+,25+,26-,28+/m1/s1. The molecule has 15 heteroatoms. The van der Waals surface area contributed by atoms with E-state index in [1.165, 1.54) is 18.3 Å². The van der Waals surface area contributed by atoms with Crippen LogP contribution < -0.4 is 5.73 Å². The van der Waals surface area contributed by atoms with Crippen LogP contribution in [0, 0.1) is 30.2 Å². The molecule has 2 aromatic heterocycles. The normalized spacial score (nSPS) is 27.3. The topological polar surface area (TPSA) is 166 Å². The minimum absolute atomic E-state index is 0.00173. The number of hydrogen-bond donors (Lipinski definition) is 4. The number of rotatable bonds is 5. The zero-order chi connectivity index (χ0) is 30.8. The molecule has 0 saturated carbocycles. The van der Waals surface area contributed by atoms with Gasteiger partial charge in [-0.1, -0.05) is 5.21 Å². The second-order valence-electron chi connectivity index (χ2n) is 10.5. The van der Waals surface area contributed by atoms with Gasteiger partial charge >= 0.3 is 0 Å². The molecule has 2 aliphatic rings. The van der Waals surface area contributed by atoms with Gasteiger partial charge in [-0.15, -0.1) is 5.10 Å². The maximum absolute atomic E-state index is 14.3. The van der Waals surface area contributed by atoms with Gasteiger partial charge in [0.1, 0.15) is 35.9 Å². The largest absolute Gasteiger partial charge is 0.394 e. The molecule has 0 bridgehead atoms. The Balaban J connectivity index is 1.47. The number of nitrogens with two attached hydrogens (primary N) is 1. The second-order valence-corrected chi connectivity index (χ2v) is 10.5. The fraction of sp³-hybridized carbons (Fsp3) is 0.357. The Bertz CT molecular complexity index is 1730. The average Bonchev–Trinajstić information content (AvgIpc) is 3.61. The number of carbonyl (C=O) groups excluding carboxylic acids is 1. The van der Waals surface area contributed by atoms with E-state index in [2.05, 4.69) is 15.3 Å². The predicted molar refractivity (Wildman–Crippen MR) is 139 cm³/mol. The Hall–Kier alpha value is -4.02. The lowest BCUT2D eigenvalue weighted by Gasteiger charge is -2.50. The first-order valence-corrected chi connectivity index (χ1v) is 13.2. The third-order valence-corrected chi connectivity index (χ3v) is 8.07. The molecule has 5 N–H and O–H groups in total. The van der Waals surface area contributed by atoms with Crippen LogP contribution in [-0.2, 0) is 9.47 Å². The Morgan fingerprint density at radius 3 is 2.56 bits per heavy atom. The highest BCUT2D eigenvalue weighted by atomic mass is 19.2. The predicted octanol–water partition coefficient (Wildman–Crippen LogP) is 2.01. The highest BCUT2D eigenvalue weighted by Crippen LogP contribution is 2.52. The number of ether oxygens (including phenoxy) is 2. The van der Waals surface area contributed by atoms with Crippen LogP contribution in [0.25, 0.3) is 22.2 Å². The van der Waals surface area contributed by atoms with Gasteiger partial charge in [-0.2, -0.15) is 0 Å². The molecule has 0 aliphatic carbocycles. The summed E-state index contributed by atoms with van der Waals surface area (Å²) < 4.78 is 68.6. The number of halogens is 4. The summed E-state index contributed by atoms with van der Waals surface area (Å²) in [6, 6.07) is 3.71. The van der Waals surface area contributed by atoms with E-state index in [4.69, 9.17) is 15.2 Å². The number of aromatic nitrogens is 4. The lowest BCUT2D eigenvalue weighted by atomic mass is 9.77. The first-order chi connectivity index (χ1) is 20.5. The van der Waals surface area contributed by atoms with Gasteiger partial charge in [0, 0.05) is 22.6 Å². The van der Waals surface area contributed by atoms with Gasteiger partial charge in [0.2, 0.25) is 11.7 Å². The number of amides is 1. The Morgan fingerprint density at radius 2 is 1.88 bits per heavy atom. The number of aliphatic hydroxyl groups excluding tert-OH is 3. The van der Waals surface area contributed by atoms with Crippen LogP contribution in [0.15, 0.2) is 36.5 Å². The van der Waals surface area contributed by atoms with Gasteiger partial charge in [0.25, 0.3) is 0 Å². The number of pyridine rings is 1. The fourth-order valence-electron chi connectivity index (χ4n) is 6.18. The molecule has 0 unspecified atom stereocenters. The molecule has 0 radical (unpaired) electrons. The van der Waals surface area contributed by atoms with Crippen molar-refractivity contribution in [1.82, 2.24) is 20.0 Å². The second kappa shape index (κ2) is 10.6. The summed E-state index contributed by atoms with van der Waals surface area (Å²) >= 11 is 0. The van der Waals surface area contributed by atoms with E-state index in [1.807, 2.05) is 0 Å². The lowest BCUT2D eigenvalue weighted by molar-refractivity contribution is -0.344.